The fraction of sp³-hybridized carbons (Fsp3) is 0.423. The number of rotatable bonds is 5. The summed E-state index contributed by atoms with van der Waals surface area (Å²) < 4.78 is 20.7. The van der Waals surface area contributed by atoms with Crippen LogP contribution in [0.4, 0.5) is 9.59 Å². The van der Waals surface area contributed by atoms with E-state index in [-0.39, 0.29) is 0 Å². The quantitative estimate of drug-likeness (QED) is 0.181. The minimum atomic E-state index is -0.697. The number of nitrogens with zero attached hydrogens (tertiary/aromatic N) is 3. The average Bonchev–Trinajstić information content (AvgIpc) is 3.44. The molecule has 4 aromatic rings. The lowest BCUT2D eigenvalue weighted by atomic mass is 10.2. The SMILES string of the molecule is CC(C)(C)OC(=O)n1nc(-c2cc3cc(OCCCBr)ccc3n2C(=O)OC(C)(C)C)c2sccc21. The fourth-order valence-electron chi connectivity index (χ4n) is 3.66. The van der Waals surface area contributed by atoms with Gasteiger partial charge >= 0.3 is 12.2 Å². The van der Waals surface area contributed by atoms with Gasteiger partial charge in [-0.05, 0) is 83.7 Å². The van der Waals surface area contributed by atoms with Crippen molar-refractivity contribution < 1.29 is 23.8 Å². The van der Waals surface area contributed by atoms with Gasteiger partial charge in [0.15, 0.2) is 0 Å². The number of carbonyl (C=O) groups excluding carboxylic acids is 2. The van der Waals surface area contributed by atoms with Crippen molar-refractivity contribution in [1.29, 1.82) is 0 Å². The Kier molecular flexibility index (Phi) is 7.21. The molecule has 0 fully saturated rings. The van der Waals surface area contributed by atoms with E-state index in [1.54, 1.807) is 20.8 Å². The number of halogens is 1. The van der Waals surface area contributed by atoms with Crippen LogP contribution in [0.1, 0.15) is 48.0 Å². The zero-order valence-electron chi connectivity index (χ0n) is 21.3. The van der Waals surface area contributed by atoms with Gasteiger partial charge in [-0.3, -0.25) is 0 Å². The summed E-state index contributed by atoms with van der Waals surface area (Å²) in [5.41, 5.74) is 0.911. The molecule has 10 heteroatoms. The number of alkyl halides is 1. The molecule has 1 aromatic carbocycles. The molecule has 0 aliphatic rings. The van der Waals surface area contributed by atoms with Crippen LogP contribution in [0.15, 0.2) is 35.7 Å². The highest BCUT2D eigenvalue weighted by Gasteiger charge is 2.28. The summed E-state index contributed by atoms with van der Waals surface area (Å²) in [5.74, 6) is 0.705. The van der Waals surface area contributed by atoms with Crippen LogP contribution in [0.3, 0.4) is 0 Å². The maximum Gasteiger partial charge on any atom is 0.435 e. The summed E-state index contributed by atoms with van der Waals surface area (Å²) in [7, 11) is 0. The molecule has 8 nitrogen and oxygen atoms in total. The smallest absolute Gasteiger partial charge is 0.435 e. The van der Waals surface area contributed by atoms with Crippen molar-refractivity contribution in [2.24, 2.45) is 0 Å². The van der Waals surface area contributed by atoms with Crippen LogP contribution in [0.2, 0.25) is 0 Å². The second kappa shape index (κ2) is 9.89. The van der Waals surface area contributed by atoms with E-state index in [2.05, 4.69) is 21.0 Å². The molecule has 4 rings (SSSR count). The third kappa shape index (κ3) is 5.59. The van der Waals surface area contributed by atoms with Gasteiger partial charge in [0.05, 0.1) is 28.0 Å². The van der Waals surface area contributed by atoms with Crippen LogP contribution < -0.4 is 4.74 Å². The van der Waals surface area contributed by atoms with E-state index in [0.717, 1.165) is 21.8 Å². The first kappa shape index (κ1) is 26.2. The zero-order valence-corrected chi connectivity index (χ0v) is 23.7. The molecule has 0 amide bonds. The molecule has 3 aromatic heterocycles. The van der Waals surface area contributed by atoms with Crippen molar-refractivity contribution in [3.8, 4) is 17.1 Å². The minimum Gasteiger partial charge on any atom is -0.494 e. The molecular formula is C26H30BrN3O5S. The third-order valence-electron chi connectivity index (χ3n) is 4.99. The van der Waals surface area contributed by atoms with Gasteiger partial charge in [-0.15, -0.1) is 11.3 Å². The molecule has 0 spiro atoms. The summed E-state index contributed by atoms with van der Waals surface area (Å²) in [6.45, 7) is 11.4. The van der Waals surface area contributed by atoms with Gasteiger partial charge in [-0.25, -0.2) is 14.2 Å². The molecule has 0 saturated heterocycles. The van der Waals surface area contributed by atoms with Crippen LogP contribution in [-0.4, -0.2) is 49.7 Å². The lowest BCUT2D eigenvalue weighted by molar-refractivity contribution is 0.0520. The first-order chi connectivity index (χ1) is 16.9. The monoisotopic (exact) mass is 575 g/mol. The maximum absolute atomic E-state index is 13.4. The van der Waals surface area contributed by atoms with Crippen molar-refractivity contribution in [1.82, 2.24) is 14.3 Å². The molecule has 0 aliphatic carbocycles. The molecule has 0 aliphatic heterocycles. The molecular weight excluding hydrogens is 546 g/mol. The predicted molar refractivity (Wildman–Crippen MR) is 146 cm³/mol. The largest absolute Gasteiger partial charge is 0.494 e. The lowest BCUT2D eigenvalue weighted by Gasteiger charge is -2.20. The van der Waals surface area contributed by atoms with Gasteiger partial charge in [0.1, 0.15) is 22.6 Å². The highest BCUT2D eigenvalue weighted by atomic mass is 79.9. The summed E-state index contributed by atoms with van der Waals surface area (Å²) >= 11 is 4.85. The van der Waals surface area contributed by atoms with Crippen molar-refractivity contribution >= 4 is 60.6 Å². The first-order valence-electron chi connectivity index (χ1n) is 11.7. The number of thiophene rings is 1. The summed E-state index contributed by atoms with van der Waals surface area (Å²) in [4.78, 5) is 26.3. The van der Waals surface area contributed by atoms with Crippen LogP contribution in [0.5, 0.6) is 5.75 Å². The van der Waals surface area contributed by atoms with Crippen molar-refractivity contribution in [2.45, 2.75) is 59.2 Å². The number of hydrogen-bond donors (Lipinski definition) is 0. The Morgan fingerprint density at radius 2 is 1.67 bits per heavy atom. The number of benzene rings is 1. The predicted octanol–water partition coefficient (Wildman–Crippen LogP) is 7.45. The van der Waals surface area contributed by atoms with Crippen molar-refractivity contribution in [2.75, 3.05) is 11.9 Å². The van der Waals surface area contributed by atoms with Crippen LogP contribution in [-0.2, 0) is 9.47 Å². The zero-order chi connectivity index (χ0) is 26.3. The number of ether oxygens (including phenoxy) is 3. The van der Waals surface area contributed by atoms with E-state index in [9.17, 15) is 9.59 Å². The molecule has 0 saturated carbocycles. The summed E-state index contributed by atoms with van der Waals surface area (Å²) in [6.07, 6.45) is -0.239. The molecule has 0 radical (unpaired) electrons. The van der Waals surface area contributed by atoms with E-state index in [0.29, 0.717) is 34.8 Å². The first-order valence-corrected chi connectivity index (χ1v) is 13.7. The average molecular weight is 577 g/mol. The molecule has 0 bridgehead atoms. The fourth-order valence-corrected chi connectivity index (χ4v) is 4.76. The summed E-state index contributed by atoms with van der Waals surface area (Å²) in [6, 6.07) is 9.25. The second-order valence-electron chi connectivity index (χ2n) is 10.3. The number of hydrogen-bond acceptors (Lipinski definition) is 7. The molecule has 0 atom stereocenters. The molecule has 0 N–H and O–H groups in total. The van der Waals surface area contributed by atoms with Gasteiger partial charge in [-0.2, -0.15) is 9.78 Å². The van der Waals surface area contributed by atoms with Crippen molar-refractivity contribution in [3.63, 3.8) is 0 Å². The van der Waals surface area contributed by atoms with Gasteiger partial charge in [0.25, 0.3) is 0 Å². The maximum atomic E-state index is 13.4. The standard InChI is InChI=1S/C26H30BrN3O5S/c1-25(2,3)34-23(31)29-18-9-8-17(33-12-7-11-27)14-16(18)15-20(29)21-22-19(10-13-36-22)30(28-21)24(32)35-26(4,5)6/h8-10,13-15H,7,11-12H2,1-6H3. The van der Waals surface area contributed by atoms with Gasteiger partial charge in [0, 0.05) is 10.7 Å². The second-order valence-corrected chi connectivity index (χ2v) is 12.0. The van der Waals surface area contributed by atoms with Gasteiger partial charge < -0.3 is 14.2 Å². The Labute approximate surface area is 222 Å². The minimum absolute atomic E-state index is 0.495. The molecule has 192 valence electrons. The van der Waals surface area contributed by atoms with Gasteiger partial charge in [-0.1, -0.05) is 15.9 Å². The van der Waals surface area contributed by atoms with E-state index >= 15 is 0 Å². The van der Waals surface area contributed by atoms with E-state index in [1.807, 2.05) is 56.5 Å². The van der Waals surface area contributed by atoms with Crippen LogP contribution in [0.25, 0.3) is 32.5 Å². The number of aromatic nitrogens is 3. The van der Waals surface area contributed by atoms with Crippen molar-refractivity contribution in [3.05, 3.63) is 35.7 Å². The van der Waals surface area contributed by atoms with Crippen LogP contribution in [0, 0.1) is 0 Å². The summed E-state index contributed by atoms with van der Waals surface area (Å²) in [5, 5.41) is 8.14. The Bertz CT molecular complexity index is 1420. The Morgan fingerprint density at radius 3 is 2.33 bits per heavy atom. The highest BCUT2D eigenvalue weighted by molar-refractivity contribution is 9.09. The third-order valence-corrected chi connectivity index (χ3v) is 6.46. The Balaban J connectivity index is 1.88. The van der Waals surface area contributed by atoms with E-state index < -0.39 is 23.4 Å². The highest BCUT2D eigenvalue weighted by Crippen LogP contribution is 2.37. The van der Waals surface area contributed by atoms with E-state index in [4.69, 9.17) is 14.2 Å². The number of carbonyl (C=O) groups is 2. The topological polar surface area (TPSA) is 84.6 Å². The number of fused-ring (bicyclic) bond motifs is 2. The Hall–Kier alpha value is -2.85. The Morgan fingerprint density at radius 1 is 0.972 bits per heavy atom. The van der Waals surface area contributed by atoms with Crippen LogP contribution >= 0.6 is 27.3 Å². The van der Waals surface area contributed by atoms with Gasteiger partial charge in [0.2, 0.25) is 0 Å². The van der Waals surface area contributed by atoms with E-state index in [1.165, 1.54) is 20.6 Å². The molecule has 36 heavy (non-hydrogen) atoms. The molecule has 3 heterocycles. The lowest BCUT2D eigenvalue weighted by Crippen LogP contribution is -2.28. The molecule has 0 unspecified atom stereocenters. The normalized spacial score (nSPS) is 12.3.